The lowest BCUT2D eigenvalue weighted by molar-refractivity contribution is -0.384. The van der Waals surface area contributed by atoms with Gasteiger partial charge in [-0.2, -0.15) is 5.26 Å². The number of ether oxygens (including phenoxy) is 1. The molecule has 0 saturated carbocycles. The maximum atomic E-state index is 10.6. The van der Waals surface area contributed by atoms with Crippen molar-refractivity contribution in [1.29, 1.82) is 5.26 Å². The summed E-state index contributed by atoms with van der Waals surface area (Å²) in [6, 6.07) is 13.1. The van der Waals surface area contributed by atoms with Crippen LogP contribution in [0.15, 0.2) is 42.5 Å². The first-order valence-electron chi connectivity index (χ1n) is 5.68. The number of hydrogen-bond acceptors (Lipinski definition) is 4. The van der Waals surface area contributed by atoms with Crippen molar-refractivity contribution in [3.05, 3.63) is 63.2 Å². The predicted octanol–water partition coefficient (Wildman–Crippen LogP) is 4.11. The van der Waals surface area contributed by atoms with Crippen LogP contribution in [-0.4, -0.2) is 4.92 Å². The van der Waals surface area contributed by atoms with E-state index >= 15 is 0 Å². The second-order valence-electron chi connectivity index (χ2n) is 3.92. The number of halogens is 1. The third-order valence-corrected chi connectivity index (χ3v) is 2.88. The first kappa shape index (κ1) is 13.8. The number of nitro benzene ring substituents is 1. The minimum Gasteiger partial charge on any atom is -0.455 e. The molecule has 0 spiro atoms. The summed E-state index contributed by atoms with van der Waals surface area (Å²) < 4.78 is 5.62. The Hall–Kier alpha value is -2.58. The Bertz CT molecular complexity index is 695. The van der Waals surface area contributed by atoms with Crippen LogP contribution in [0.25, 0.3) is 0 Å². The molecule has 0 aliphatic carbocycles. The van der Waals surface area contributed by atoms with Crippen molar-refractivity contribution < 1.29 is 9.66 Å². The molecule has 0 saturated heterocycles. The van der Waals surface area contributed by atoms with Crippen molar-refractivity contribution in [3.63, 3.8) is 0 Å². The average molecular weight is 289 g/mol. The Morgan fingerprint density at radius 3 is 2.65 bits per heavy atom. The number of nitriles is 1. The standard InChI is InChI=1S/C14H9ClN2O3/c15-12-9-11(17(18)19)5-6-14(12)20-13-4-2-1-3-10(13)7-8-16/h1-6,9H,7H2. The second kappa shape index (κ2) is 6.04. The predicted molar refractivity (Wildman–Crippen MR) is 73.9 cm³/mol. The molecule has 2 aromatic carbocycles. The van der Waals surface area contributed by atoms with E-state index in [1.54, 1.807) is 24.3 Å². The zero-order chi connectivity index (χ0) is 14.5. The molecule has 0 fully saturated rings. The van der Waals surface area contributed by atoms with Crippen molar-refractivity contribution in [2.45, 2.75) is 6.42 Å². The highest BCUT2D eigenvalue weighted by atomic mass is 35.5. The average Bonchev–Trinajstić information content (AvgIpc) is 2.43. The molecule has 100 valence electrons. The van der Waals surface area contributed by atoms with Crippen LogP contribution < -0.4 is 4.74 Å². The van der Waals surface area contributed by atoms with Gasteiger partial charge in [0.05, 0.1) is 22.4 Å². The van der Waals surface area contributed by atoms with E-state index in [1.807, 2.05) is 6.07 Å². The number of benzene rings is 2. The Morgan fingerprint density at radius 2 is 2.00 bits per heavy atom. The molecule has 20 heavy (non-hydrogen) atoms. The molecule has 0 heterocycles. The molecule has 2 rings (SSSR count). The summed E-state index contributed by atoms with van der Waals surface area (Å²) in [5.74, 6) is 0.812. The molecule has 0 aliphatic rings. The number of rotatable bonds is 4. The van der Waals surface area contributed by atoms with Gasteiger partial charge in [-0.15, -0.1) is 0 Å². The molecule has 2 aromatic rings. The van der Waals surface area contributed by atoms with Crippen LogP contribution in [0.5, 0.6) is 11.5 Å². The van der Waals surface area contributed by atoms with E-state index in [0.29, 0.717) is 11.5 Å². The van der Waals surface area contributed by atoms with Gasteiger partial charge in [0.1, 0.15) is 11.5 Å². The van der Waals surface area contributed by atoms with Crippen LogP contribution in [0, 0.1) is 21.4 Å². The monoisotopic (exact) mass is 288 g/mol. The van der Waals surface area contributed by atoms with Crippen LogP contribution in [0.2, 0.25) is 5.02 Å². The highest BCUT2D eigenvalue weighted by Crippen LogP contribution is 2.33. The summed E-state index contributed by atoms with van der Waals surface area (Å²) in [4.78, 5) is 10.1. The Balaban J connectivity index is 2.31. The fourth-order valence-electron chi connectivity index (χ4n) is 1.64. The summed E-state index contributed by atoms with van der Waals surface area (Å²) in [6.07, 6.45) is 0.209. The maximum Gasteiger partial charge on any atom is 0.271 e. The van der Waals surface area contributed by atoms with Gasteiger partial charge in [0.2, 0.25) is 0 Å². The summed E-state index contributed by atoms with van der Waals surface area (Å²) in [7, 11) is 0. The van der Waals surface area contributed by atoms with E-state index in [1.165, 1.54) is 18.2 Å². The van der Waals surface area contributed by atoms with Gasteiger partial charge in [-0.25, -0.2) is 0 Å². The highest BCUT2D eigenvalue weighted by Gasteiger charge is 2.12. The number of para-hydroxylation sites is 1. The van der Waals surface area contributed by atoms with Gasteiger partial charge in [0.15, 0.2) is 0 Å². The molecule has 0 amide bonds. The first-order chi connectivity index (χ1) is 9.61. The van der Waals surface area contributed by atoms with Gasteiger partial charge >= 0.3 is 0 Å². The molecule has 0 radical (unpaired) electrons. The third kappa shape index (κ3) is 3.05. The molecule has 0 unspecified atom stereocenters. The van der Waals surface area contributed by atoms with Crippen molar-refractivity contribution in [2.24, 2.45) is 0 Å². The zero-order valence-electron chi connectivity index (χ0n) is 10.2. The number of nitro groups is 1. The van der Waals surface area contributed by atoms with Crippen LogP contribution in [0.4, 0.5) is 5.69 Å². The van der Waals surface area contributed by atoms with E-state index < -0.39 is 4.92 Å². The van der Waals surface area contributed by atoms with Crippen molar-refractivity contribution in [1.82, 2.24) is 0 Å². The van der Waals surface area contributed by atoms with Gasteiger partial charge in [0, 0.05) is 17.7 Å². The zero-order valence-corrected chi connectivity index (χ0v) is 11.0. The largest absolute Gasteiger partial charge is 0.455 e. The van der Waals surface area contributed by atoms with E-state index in [-0.39, 0.29) is 17.1 Å². The van der Waals surface area contributed by atoms with Gasteiger partial charge < -0.3 is 4.74 Å². The summed E-state index contributed by atoms with van der Waals surface area (Å²) in [5, 5.41) is 19.5. The number of hydrogen-bond donors (Lipinski definition) is 0. The summed E-state index contributed by atoms with van der Waals surface area (Å²) in [5.41, 5.74) is 0.622. The van der Waals surface area contributed by atoms with Crippen LogP contribution >= 0.6 is 11.6 Å². The molecular weight excluding hydrogens is 280 g/mol. The van der Waals surface area contributed by atoms with Gasteiger partial charge in [-0.05, 0) is 12.1 Å². The van der Waals surface area contributed by atoms with Gasteiger partial charge in [-0.3, -0.25) is 10.1 Å². The summed E-state index contributed by atoms with van der Waals surface area (Å²) >= 11 is 5.96. The van der Waals surface area contributed by atoms with Crippen LogP contribution in [0.1, 0.15) is 5.56 Å². The fourth-order valence-corrected chi connectivity index (χ4v) is 1.85. The van der Waals surface area contributed by atoms with E-state index in [9.17, 15) is 10.1 Å². The van der Waals surface area contributed by atoms with E-state index in [0.717, 1.165) is 5.56 Å². The lowest BCUT2D eigenvalue weighted by Crippen LogP contribution is -1.93. The molecule has 0 bridgehead atoms. The highest BCUT2D eigenvalue weighted by molar-refractivity contribution is 6.32. The Kier molecular flexibility index (Phi) is 4.18. The molecule has 5 nitrogen and oxygen atoms in total. The molecule has 0 N–H and O–H groups in total. The minimum atomic E-state index is -0.528. The quantitative estimate of drug-likeness (QED) is 0.626. The number of non-ortho nitro benzene ring substituents is 1. The topological polar surface area (TPSA) is 76.2 Å². The van der Waals surface area contributed by atoms with Gasteiger partial charge in [0.25, 0.3) is 5.69 Å². The normalized spacial score (nSPS) is 9.80. The van der Waals surface area contributed by atoms with Crippen LogP contribution in [-0.2, 0) is 6.42 Å². The SMILES string of the molecule is N#CCc1ccccc1Oc1ccc([N+](=O)[O-])cc1Cl. The minimum absolute atomic E-state index is 0.104. The summed E-state index contributed by atoms with van der Waals surface area (Å²) in [6.45, 7) is 0. The lowest BCUT2D eigenvalue weighted by Gasteiger charge is -2.10. The van der Waals surface area contributed by atoms with Crippen LogP contribution in [0.3, 0.4) is 0 Å². The smallest absolute Gasteiger partial charge is 0.271 e. The molecule has 0 aliphatic heterocycles. The molecule has 6 heteroatoms. The van der Waals surface area contributed by atoms with Crippen molar-refractivity contribution in [2.75, 3.05) is 0 Å². The van der Waals surface area contributed by atoms with E-state index in [2.05, 4.69) is 0 Å². The molecule has 0 atom stereocenters. The Labute approximate surface area is 120 Å². The number of nitrogens with zero attached hydrogens (tertiary/aromatic N) is 2. The lowest BCUT2D eigenvalue weighted by atomic mass is 10.1. The maximum absolute atomic E-state index is 10.6. The first-order valence-corrected chi connectivity index (χ1v) is 6.06. The Morgan fingerprint density at radius 1 is 1.25 bits per heavy atom. The van der Waals surface area contributed by atoms with Crippen molar-refractivity contribution in [3.8, 4) is 17.6 Å². The second-order valence-corrected chi connectivity index (χ2v) is 4.32. The third-order valence-electron chi connectivity index (χ3n) is 2.59. The van der Waals surface area contributed by atoms with Gasteiger partial charge in [-0.1, -0.05) is 29.8 Å². The fraction of sp³-hybridized carbons (Fsp3) is 0.0714. The molecule has 0 aromatic heterocycles. The van der Waals surface area contributed by atoms with E-state index in [4.69, 9.17) is 21.6 Å². The molecular formula is C14H9ClN2O3. The van der Waals surface area contributed by atoms with Crippen molar-refractivity contribution >= 4 is 17.3 Å².